The maximum absolute atomic E-state index is 13.5. The van der Waals surface area contributed by atoms with Crippen molar-refractivity contribution in [3.05, 3.63) is 94.6 Å². The highest BCUT2D eigenvalue weighted by Crippen LogP contribution is 2.35. The van der Waals surface area contributed by atoms with Crippen molar-refractivity contribution in [2.45, 2.75) is 77.5 Å². The van der Waals surface area contributed by atoms with E-state index in [1.165, 1.54) is 14.2 Å². The lowest BCUT2D eigenvalue weighted by Gasteiger charge is -2.33. The third kappa shape index (κ3) is 8.82. The molecule has 2 aliphatic heterocycles. The Morgan fingerprint density at radius 3 is 1.46 bits per heavy atom. The molecule has 0 aliphatic carbocycles. The average molecular weight is 765 g/mol. The maximum atomic E-state index is 13.5. The number of ether oxygens (including phenoxy) is 2. The van der Waals surface area contributed by atoms with Gasteiger partial charge in [0.05, 0.1) is 14.2 Å². The van der Waals surface area contributed by atoms with Crippen LogP contribution in [0, 0.1) is 13.8 Å². The smallest absolute Gasteiger partial charge is 0.320 e. The normalized spacial score (nSPS) is 17.5. The van der Waals surface area contributed by atoms with Crippen molar-refractivity contribution in [1.29, 1.82) is 0 Å². The summed E-state index contributed by atoms with van der Waals surface area (Å²) in [4.78, 5) is 63.3. The summed E-state index contributed by atoms with van der Waals surface area (Å²) in [5, 5.41) is 25.3. The second kappa shape index (κ2) is 17.7. The minimum Gasteiger partial charge on any atom is -0.496 e. The zero-order valence-corrected chi connectivity index (χ0v) is 32.1. The van der Waals surface area contributed by atoms with Gasteiger partial charge in [-0.25, -0.2) is 0 Å². The molecule has 2 saturated heterocycles. The van der Waals surface area contributed by atoms with E-state index < -0.39 is 35.8 Å². The standard InChI is InChI=1S/C42H48N6O8/c1-25-29(11-9-13-31(25)45-39(49)33-19-37(55-3)27(21-43-33)23-47-17-7-5-15-35(47)41(51)52)30-12-10-14-32(26(30)2)46-40(50)34-20-38(56-4)28(22-44-34)24-48-18-8-6-16-36(48)42(53)54/h9-14,19-22,35-36H,5-8,15-18,23-24H2,1-4H3,(H,45,49)(H,46,50)(H,51,52)(H,53,54)/t35-,36?/m0/s1. The second-order valence-corrected chi connectivity index (χ2v) is 14.3. The van der Waals surface area contributed by atoms with Crippen LogP contribution in [0.4, 0.5) is 11.4 Å². The van der Waals surface area contributed by atoms with E-state index in [0.717, 1.165) is 47.9 Å². The second-order valence-electron chi connectivity index (χ2n) is 14.3. The van der Waals surface area contributed by atoms with Gasteiger partial charge in [-0.2, -0.15) is 0 Å². The molecule has 14 nitrogen and oxygen atoms in total. The molecule has 4 N–H and O–H groups in total. The minimum atomic E-state index is -0.847. The van der Waals surface area contributed by atoms with Crippen LogP contribution in [0.1, 0.15) is 81.8 Å². The lowest BCUT2D eigenvalue weighted by Crippen LogP contribution is -2.44. The molecular formula is C42H48N6O8. The first-order chi connectivity index (χ1) is 27.0. The number of nitrogens with one attached hydrogen (secondary N) is 2. The third-order valence-electron chi connectivity index (χ3n) is 10.8. The van der Waals surface area contributed by atoms with E-state index in [2.05, 4.69) is 20.6 Å². The Bertz CT molecular complexity index is 1970. The number of aromatic nitrogens is 2. The highest BCUT2D eigenvalue weighted by Gasteiger charge is 2.31. The van der Waals surface area contributed by atoms with Crippen molar-refractivity contribution in [3.63, 3.8) is 0 Å². The van der Waals surface area contributed by atoms with Gasteiger partial charge in [-0.3, -0.25) is 38.9 Å². The molecule has 1 unspecified atom stereocenters. The van der Waals surface area contributed by atoms with Crippen LogP contribution in [-0.4, -0.2) is 93.1 Å². The maximum Gasteiger partial charge on any atom is 0.320 e. The Hall–Kier alpha value is -5.86. The van der Waals surface area contributed by atoms with Gasteiger partial charge in [-0.1, -0.05) is 37.1 Å². The molecular weight excluding hydrogens is 716 g/mol. The van der Waals surface area contributed by atoms with Gasteiger partial charge in [-0.15, -0.1) is 0 Å². The predicted octanol–water partition coefficient (Wildman–Crippen LogP) is 6.16. The monoisotopic (exact) mass is 764 g/mol. The number of rotatable bonds is 13. The Morgan fingerprint density at radius 2 is 1.09 bits per heavy atom. The number of carboxylic acids is 2. The van der Waals surface area contributed by atoms with Gasteiger partial charge in [0.25, 0.3) is 11.8 Å². The molecule has 6 rings (SSSR count). The Kier molecular flexibility index (Phi) is 12.6. The number of likely N-dealkylation sites (tertiary alicyclic amines) is 2. The van der Waals surface area contributed by atoms with Crippen LogP contribution in [0.2, 0.25) is 0 Å². The molecule has 294 valence electrons. The van der Waals surface area contributed by atoms with E-state index in [4.69, 9.17) is 9.47 Å². The molecule has 0 bridgehead atoms. The van der Waals surface area contributed by atoms with Gasteiger partial charge < -0.3 is 30.3 Å². The number of hydrogen-bond acceptors (Lipinski definition) is 10. The number of amides is 2. The Labute approximate surface area is 325 Å². The summed E-state index contributed by atoms with van der Waals surface area (Å²) in [6.07, 6.45) is 7.88. The van der Waals surface area contributed by atoms with E-state index in [1.807, 2.05) is 60.0 Å². The first-order valence-electron chi connectivity index (χ1n) is 18.8. The largest absolute Gasteiger partial charge is 0.496 e. The number of nitrogens with zero attached hydrogens (tertiary/aromatic N) is 4. The summed E-state index contributed by atoms with van der Waals surface area (Å²) in [6, 6.07) is 13.2. The molecule has 2 aromatic carbocycles. The van der Waals surface area contributed by atoms with E-state index in [9.17, 15) is 29.4 Å². The number of piperidine rings is 2. The molecule has 4 aromatic rings. The molecule has 14 heteroatoms. The number of carbonyl (C=O) groups is 4. The lowest BCUT2D eigenvalue weighted by atomic mass is 9.94. The van der Waals surface area contributed by atoms with E-state index >= 15 is 0 Å². The summed E-state index contributed by atoms with van der Waals surface area (Å²) in [5.41, 5.74) is 6.20. The zero-order valence-electron chi connectivity index (χ0n) is 32.1. The average Bonchev–Trinajstić information content (AvgIpc) is 3.20. The van der Waals surface area contributed by atoms with Crippen LogP contribution < -0.4 is 20.1 Å². The van der Waals surface area contributed by atoms with Crippen LogP contribution in [-0.2, 0) is 22.7 Å². The fourth-order valence-corrected chi connectivity index (χ4v) is 7.65. The molecule has 2 aliphatic rings. The number of hydrogen-bond donors (Lipinski definition) is 4. The van der Waals surface area contributed by atoms with Crippen molar-refractivity contribution in [2.75, 3.05) is 37.9 Å². The summed E-state index contributed by atoms with van der Waals surface area (Å²) in [5.74, 6) is -1.64. The molecule has 0 saturated carbocycles. The fourth-order valence-electron chi connectivity index (χ4n) is 7.65. The molecule has 2 amide bonds. The first kappa shape index (κ1) is 39.8. The van der Waals surface area contributed by atoms with E-state index in [-0.39, 0.29) is 11.4 Å². The molecule has 56 heavy (non-hydrogen) atoms. The topological polar surface area (TPSA) is 184 Å². The van der Waals surface area contributed by atoms with Crippen molar-refractivity contribution >= 4 is 35.1 Å². The van der Waals surface area contributed by atoms with Gasteiger partial charge in [-0.05, 0) is 87.0 Å². The van der Waals surface area contributed by atoms with Gasteiger partial charge in [0.15, 0.2) is 0 Å². The van der Waals surface area contributed by atoms with Crippen LogP contribution >= 0.6 is 0 Å². The highest BCUT2D eigenvalue weighted by molar-refractivity contribution is 6.05. The van der Waals surface area contributed by atoms with Gasteiger partial charge in [0.1, 0.15) is 35.0 Å². The van der Waals surface area contributed by atoms with Crippen molar-refractivity contribution in [3.8, 4) is 22.6 Å². The Morgan fingerprint density at radius 1 is 0.679 bits per heavy atom. The SMILES string of the molecule is COc1cc(C(=O)Nc2cccc(-c3cccc(NC(=O)c4cc(OC)c(CN5CCCC[C@H]5C(=O)O)cn4)c3C)c2C)ncc1CN1CCCCC1C(=O)O. The quantitative estimate of drug-likeness (QED) is 0.122. The lowest BCUT2D eigenvalue weighted by molar-refractivity contribution is -0.145. The predicted molar refractivity (Wildman–Crippen MR) is 210 cm³/mol. The molecule has 2 atom stereocenters. The summed E-state index contributed by atoms with van der Waals surface area (Å²) < 4.78 is 11.2. The molecule has 2 aromatic heterocycles. The number of benzene rings is 2. The van der Waals surface area contributed by atoms with Gasteiger partial charge in [0, 0.05) is 60.1 Å². The van der Waals surface area contributed by atoms with E-state index in [1.54, 1.807) is 24.5 Å². The van der Waals surface area contributed by atoms with Gasteiger partial charge >= 0.3 is 11.9 Å². The van der Waals surface area contributed by atoms with Crippen LogP contribution in [0.5, 0.6) is 11.5 Å². The van der Waals surface area contributed by atoms with Crippen molar-refractivity contribution < 1.29 is 38.9 Å². The number of carbonyl (C=O) groups excluding carboxylic acids is 2. The van der Waals surface area contributed by atoms with Crippen LogP contribution in [0.25, 0.3) is 11.1 Å². The molecule has 0 spiro atoms. The molecule has 0 radical (unpaired) electrons. The third-order valence-corrected chi connectivity index (χ3v) is 10.8. The number of pyridine rings is 2. The summed E-state index contributed by atoms with van der Waals surface area (Å²) >= 11 is 0. The first-order valence-corrected chi connectivity index (χ1v) is 18.8. The van der Waals surface area contributed by atoms with Crippen molar-refractivity contribution in [2.24, 2.45) is 0 Å². The number of anilines is 2. The van der Waals surface area contributed by atoms with Gasteiger partial charge in [0.2, 0.25) is 0 Å². The minimum absolute atomic E-state index is 0.152. The van der Waals surface area contributed by atoms with Crippen LogP contribution in [0.15, 0.2) is 60.9 Å². The molecule has 4 heterocycles. The number of methoxy groups -OCH3 is 2. The Balaban J connectivity index is 1.16. The highest BCUT2D eigenvalue weighted by atomic mass is 16.5. The zero-order chi connectivity index (χ0) is 39.9. The number of carboxylic acid groups (broad SMARTS) is 2. The van der Waals surface area contributed by atoms with Crippen molar-refractivity contribution in [1.82, 2.24) is 19.8 Å². The van der Waals surface area contributed by atoms with E-state index in [0.29, 0.717) is 73.0 Å². The molecule has 2 fully saturated rings. The summed E-state index contributed by atoms with van der Waals surface area (Å²) in [7, 11) is 3.02. The number of aliphatic carboxylic acids is 2. The summed E-state index contributed by atoms with van der Waals surface area (Å²) in [6.45, 7) is 5.83. The fraction of sp³-hybridized carbons (Fsp3) is 0.381. The van der Waals surface area contributed by atoms with Crippen LogP contribution in [0.3, 0.4) is 0 Å².